The molecule has 1 aromatic rings. The fraction of sp³-hybridized carbons (Fsp3) is 0.556. The van der Waals surface area contributed by atoms with Gasteiger partial charge >= 0.3 is 5.97 Å². The molecule has 0 bridgehead atoms. The van der Waals surface area contributed by atoms with E-state index in [1.807, 2.05) is 25.0 Å². The van der Waals surface area contributed by atoms with Gasteiger partial charge in [-0.3, -0.25) is 9.88 Å². The Bertz CT molecular complexity index is 643. The van der Waals surface area contributed by atoms with Gasteiger partial charge in [-0.2, -0.15) is 5.06 Å². The Hall–Kier alpha value is -2.08. The molecule has 26 heavy (non-hydrogen) atoms. The fourth-order valence-electron chi connectivity index (χ4n) is 3.27. The summed E-state index contributed by atoms with van der Waals surface area (Å²) < 4.78 is 0. The van der Waals surface area contributed by atoms with Crippen LogP contribution in [0.15, 0.2) is 30.2 Å². The van der Waals surface area contributed by atoms with Gasteiger partial charge in [0.25, 0.3) is 0 Å². The predicted octanol–water partition coefficient (Wildman–Crippen LogP) is 1.67. The summed E-state index contributed by atoms with van der Waals surface area (Å²) in [5.41, 5.74) is 1.59. The number of hydroxylamine groups is 2. The number of carbonyl (C=O) groups is 1. The molecule has 0 aromatic carbocycles. The van der Waals surface area contributed by atoms with Gasteiger partial charge in [-0.25, -0.2) is 9.59 Å². The van der Waals surface area contributed by atoms with Crippen molar-refractivity contribution in [3.05, 3.63) is 30.2 Å². The first kappa shape index (κ1) is 20.2. The summed E-state index contributed by atoms with van der Waals surface area (Å²) in [5.74, 6) is 1.58. The monoisotopic (exact) mass is 380 g/mol. The molecule has 8 heteroatoms. The van der Waals surface area contributed by atoms with Gasteiger partial charge in [-0.15, -0.1) is 12.4 Å². The van der Waals surface area contributed by atoms with Crippen molar-refractivity contribution in [2.75, 3.05) is 37.6 Å². The number of piperazine rings is 1. The third-order valence-electron chi connectivity index (χ3n) is 4.87. The minimum atomic E-state index is -0.339. The fourth-order valence-corrected chi connectivity index (χ4v) is 3.27. The Kier molecular flexibility index (Phi) is 7.45. The molecule has 0 aliphatic carbocycles. The highest BCUT2D eigenvalue weighted by Gasteiger charge is 2.29. The van der Waals surface area contributed by atoms with Gasteiger partial charge in [0.1, 0.15) is 17.7 Å². The summed E-state index contributed by atoms with van der Waals surface area (Å²) in [6.07, 6.45) is 6.05. The number of carbonyl (C=O) groups excluding carboxylic acids is 2. The molecule has 1 aromatic heterocycles. The zero-order chi connectivity index (χ0) is 17.6. The van der Waals surface area contributed by atoms with Crippen molar-refractivity contribution >= 4 is 30.0 Å². The van der Waals surface area contributed by atoms with E-state index in [9.17, 15) is 9.59 Å². The summed E-state index contributed by atoms with van der Waals surface area (Å²) in [7, 11) is 0. The van der Waals surface area contributed by atoms with Crippen LogP contribution >= 0.6 is 12.4 Å². The van der Waals surface area contributed by atoms with E-state index < -0.39 is 0 Å². The van der Waals surface area contributed by atoms with E-state index >= 15 is 0 Å². The molecule has 1 atom stereocenters. The minimum absolute atomic E-state index is 0. The lowest BCUT2D eigenvalue weighted by Gasteiger charge is -2.38. The van der Waals surface area contributed by atoms with Gasteiger partial charge in [0.2, 0.25) is 0 Å². The lowest BCUT2D eigenvalue weighted by molar-refractivity contribution is -0.189. The summed E-state index contributed by atoms with van der Waals surface area (Å²) in [4.78, 5) is 37.3. The van der Waals surface area contributed by atoms with Crippen LogP contribution in [0.3, 0.4) is 0 Å². The number of rotatable bonds is 4. The van der Waals surface area contributed by atoms with Crippen LogP contribution in [-0.2, 0) is 14.4 Å². The summed E-state index contributed by atoms with van der Waals surface area (Å²) in [6.45, 7) is 5.71. The molecule has 3 rings (SSSR count). The predicted molar refractivity (Wildman–Crippen MR) is 101 cm³/mol. The van der Waals surface area contributed by atoms with E-state index in [0.717, 1.165) is 44.7 Å². The van der Waals surface area contributed by atoms with E-state index in [1.54, 1.807) is 12.4 Å². The van der Waals surface area contributed by atoms with E-state index in [0.29, 0.717) is 18.7 Å². The van der Waals surface area contributed by atoms with E-state index in [4.69, 9.17) is 4.84 Å². The second kappa shape index (κ2) is 9.57. The number of nitrogens with zero attached hydrogens (tertiary/aromatic N) is 4. The molecule has 2 aliphatic rings. The lowest BCUT2D eigenvalue weighted by Crippen LogP contribution is -2.52. The molecule has 2 saturated heterocycles. The van der Waals surface area contributed by atoms with Gasteiger partial charge in [-0.1, -0.05) is 0 Å². The minimum Gasteiger partial charge on any atom is -0.369 e. The van der Waals surface area contributed by atoms with Crippen LogP contribution in [0.5, 0.6) is 0 Å². The average Bonchev–Trinajstić information content (AvgIpc) is 2.68. The normalized spacial score (nSPS) is 19.3. The van der Waals surface area contributed by atoms with Crippen molar-refractivity contribution < 1.29 is 14.4 Å². The third kappa shape index (κ3) is 4.75. The molecule has 0 radical (unpaired) electrons. The van der Waals surface area contributed by atoms with Crippen molar-refractivity contribution in [1.29, 1.82) is 0 Å². The average molecular weight is 381 g/mol. The van der Waals surface area contributed by atoms with Crippen molar-refractivity contribution in [2.24, 2.45) is 0 Å². The van der Waals surface area contributed by atoms with Gasteiger partial charge < -0.3 is 9.74 Å². The molecule has 2 fully saturated rings. The maximum absolute atomic E-state index is 12.5. The first-order chi connectivity index (χ1) is 12.2. The lowest BCUT2D eigenvalue weighted by atomic mass is 10.1. The topological polar surface area (TPSA) is 66.0 Å². The summed E-state index contributed by atoms with van der Waals surface area (Å²) >= 11 is 0. The van der Waals surface area contributed by atoms with Gasteiger partial charge in [-0.05, 0) is 31.9 Å². The number of aromatic nitrogens is 1. The van der Waals surface area contributed by atoms with Crippen molar-refractivity contribution in [1.82, 2.24) is 14.9 Å². The molecule has 142 valence electrons. The molecule has 0 spiro atoms. The van der Waals surface area contributed by atoms with Crippen molar-refractivity contribution in [2.45, 2.75) is 32.2 Å². The first-order valence-corrected chi connectivity index (χ1v) is 8.81. The maximum atomic E-state index is 12.5. The standard InChI is InChI=1S/C18H24N4O3.ClH/c1-15(18(24)25-22-9-3-2-4-17(22)14-23)20-10-12-21(13-11-20)16-5-7-19-8-6-16;/h5-8,15H,2-4,9-13H2,1H3;1H. The Labute approximate surface area is 160 Å². The number of pyridine rings is 1. The number of hydrogen-bond acceptors (Lipinski definition) is 7. The van der Waals surface area contributed by atoms with Gasteiger partial charge in [0.05, 0.1) is 6.54 Å². The van der Waals surface area contributed by atoms with Crippen LogP contribution in [0.1, 0.15) is 26.2 Å². The SMILES string of the molecule is CC(C(=O)ON1CCCCC1=C=O)N1CCN(c2ccncc2)CC1.Cl. The number of anilines is 1. The molecule has 0 saturated carbocycles. The Morgan fingerprint density at radius 1 is 1.15 bits per heavy atom. The molecule has 3 heterocycles. The Morgan fingerprint density at radius 2 is 1.85 bits per heavy atom. The van der Waals surface area contributed by atoms with Crippen molar-refractivity contribution in [3.63, 3.8) is 0 Å². The second-order valence-corrected chi connectivity index (χ2v) is 6.42. The van der Waals surface area contributed by atoms with E-state index in [2.05, 4.69) is 14.8 Å². The molecule has 2 aliphatic heterocycles. The Balaban J connectivity index is 0.00000243. The van der Waals surface area contributed by atoms with Crippen LogP contribution in [0, 0.1) is 0 Å². The molecule has 7 nitrogen and oxygen atoms in total. The third-order valence-corrected chi connectivity index (χ3v) is 4.87. The molecule has 1 unspecified atom stereocenters. The summed E-state index contributed by atoms with van der Waals surface area (Å²) in [5, 5.41) is 1.42. The van der Waals surface area contributed by atoms with Crippen LogP contribution in [0.2, 0.25) is 0 Å². The number of halogens is 1. The first-order valence-electron chi connectivity index (χ1n) is 8.81. The van der Waals surface area contributed by atoms with Crippen LogP contribution in [0.4, 0.5) is 5.69 Å². The van der Waals surface area contributed by atoms with E-state index in [1.165, 1.54) is 5.06 Å². The maximum Gasteiger partial charge on any atom is 0.349 e. The van der Waals surface area contributed by atoms with Gasteiger partial charge in [0.15, 0.2) is 0 Å². The summed E-state index contributed by atoms with van der Waals surface area (Å²) in [6, 6.07) is 3.66. The zero-order valence-electron chi connectivity index (χ0n) is 15.0. The Morgan fingerprint density at radius 3 is 2.50 bits per heavy atom. The molecule has 0 amide bonds. The highest BCUT2D eigenvalue weighted by Crippen LogP contribution is 2.20. The number of piperidine rings is 1. The number of hydrogen-bond donors (Lipinski definition) is 0. The van der Waals surface area contributed by atoms with Gasteiger partial charge in [0, 0.05) is 50.7 Å². The molecule has 0 N–H and O–H groups in total. The second-order valence-electron chi connectivity index (χ2n) is 6.42. The quantitative estimate of drug-likeness (QED) is 0.736. The smallest absolute Gasteiger partial charge is 0.349 e. The van der Waals surface area contributed by atoms with Crippen molar-refractivity contribution in [3.8, 4) is 0 Å². The molecular weight excluding hydrogens is 356 g/mol. The van der Waals surface area contributed by atoms with Crippen LogP contribution in [-0.4, -0.2) is 65.6 Å². The largest absolute Gasteiger partial charge is 0.369 e. The highest BCUT2D eigenvalue weighted by molar-refractivity contribution is 5.85. The van der Waals surface area contributed by atoms with Crippen LogP contribution < -0.4 is 4.90 Å². The highest BCUT2D eigenvalue weighted by atomic mass is 35.5. The molecular formula is C18H25ClN4O3. The van der Waals surface area contributed by atoms with Crippen LogP contribution in [0.25, 0.3) is 0 Å². The van der Waals surface area contributed by atoms with E-state index in [-0.39, 0.29) is 24.4 Å². The zero-order valence-corrected chi connectivity index (χ0v) is 15.8. The number of allylic oxidation sites excluding steroid dienone is 1.